The van der Waals surface area contributed by atoms with Crippen LogP contribution in [0, 0.1) is 28.6 Å². The lowest BCUT2D eigenvalue weighted by Crippen LogP contribution is -2.65. The van der Waals surface area contributed by atoms with E-state index in [1.54, 1.807) is 0 Å². The van der Waals surface area contributed by atoms with Gasteiger partial charge in [0.05, 0.1) is 5.71 Å². The Kier molecular flexibility index (Phi) is 4.37. The van der Waals surface area contributed by atoms with Crippen LogP contribution in [-0.2, 0) is 14.4 Å². The van der Waals surface area contributed by atoms with Crippen LogP contribution in [0.25, 0.3) is 0 Å². The fraction of sp³-hybridized carbons (Fsp3) is 0.850. The zero-order chi connectivity index (χ0) is 18.5. The molecule has 0 aromatic heterocycles. The summed E-state index contributed by atoms with van der Waals surface area (Å²) >= 11 is 0. The molecule has 1 amide bonds. The maximum absolute atomic E-state index is 13.1. The van der Waals surface area contributed by atoms with Crippen molar-refractivity contribution < 1.29 is 14.4 Å². The van der Waals surface area contributed by atoms with E-state index in [-0.39, 0.29) is 34.6 Å². The number of Topliss-reactive ketones (excluding diaryl/α,β-unsaturated/α-hetero) is 1. The zero-order valence-corrected chi connectivity index (χ0v) is 15.9. The number of ketones is 1. The molecule has 6 heteroatoms. The van der Waals surface area contributed by atoms with Gasteiger partial charge in [0.2, 0.25) is 5.91 Å². The monoisotopic (exact) mass is 361 g/mol. The first-order valence-corrected chi connectivity index (χ1v) is 10.1. The maximum Gasteiger partial charge on any atom is 0.223 e. The Morgan fingerprint density at radius 2 is 2.00 bits per heavy atom. The van der Waals surface area contributed by atoms with Gasteiger partial charge < -0.3 is 15.9 Å². The Bertz CT molecular complexity index is 648. The van der Waals surface area contributed by atoms with Crippen molar-refractivity contribution in [3.63, 3.8) is 0 Å². The van der Waals surface area contributed by atoms with Gasteiger partial charge in [0, 0.05) is 36.8 Å². The van der Waals surface area contributed by atoms with Crippen LogP contribution in [0.1, 0.15) is 58.8 Å². The highest BCUT2D eigenvalue weighted by Crippen LogP contribution is 2.61. The Hall–Kier alpha value is -1.43. The van der Waals surface area contributed by atoms with E-state index >= 15 is 0 Å². The number of oxime groups is 1. The van der Waals surface area contributed by atoms with Gasteiger partial charge in [-0.3, -0.25) is 9.59 Å². The smallest absolute Gasteiger partial charge is 0.223 e. The van der Waals surface area contributed by atoms with E-state index in [2.05, 4.69) is 24.3 Å². The van der Waals surface area contributed by atoms with Crippen molar-refractivity contribution in [2.45, 2.75) is 64.8 Å². The highest BCUT2D eigenvalue weighted by atomic mass is 16.6. The lowest BCUT2D eigenvalue weighted by Gasteiger charge is -2.58. The summed E-state index contributed by atoms with van der Waals surface area (Å²) in [7, 11) is 0. The Morgan fingerprint density at radius 3 is 2.77 bits per heavy atom. The molecule has 26 heavy (non-hydrogen) atoms. The van der Waals surface area contributed by atoms with Crippen molar-refractivity contribution in [3.05, 3.63) is 0 Å². The van der Waals surface area contributed by atoms with Crippen LogP contribution in [0.4, 0.5) is 0 Å². The van der Waals surface area contributed by atoms with E-state index < -0.39 is 0 Å². The average Bonchev–Trinajstić information content (AvgIpc) is 2.92. The number of nitrogens with two attached hydrogens (primary N) is 1. The van der Waals surface area contributed by atoms with Gasteiger partial charge in [0.1, 0.15) is 12.4 Å². The number of fused-ring (bicyclic) bond motifs is 5. The highest BCUT2D eigenvalue weighted by Gasteiger charge is 2.62. The summed E-state index contributed by atoms with van der Waals surface area (Å²) < 4.78 is 0. The van der Waals surface area contributed by atoms with Crippen molar-refractivity contribution in [2.24, 2.45) is 39.5 Å². The van der Waals surface area contributed by atoms with Crippen LogP contribution < -0.4 is 11.1 Å². The van der Waals surface area contributed by atoms with E-state index in [4.69, 9.17) is 10.6 Å². The Labute approximate surface area is 155 Å². The Balaban J connectivity index is 1.57. The van der Waals surface area contributed by atoms with Gasteiger partial charge in [-0.2, -0.15) is 0 Å². The molecule has 3 saturated carbocycles. The fourth-order valence-corrected chi connectivity index (χ4v) is 6.38. The minimum absolute atomic E-state index is 0.00608. The lowest BCUT2D eigenvalue weighted by atomic mass is 9.49. The third kappa shape index (κ3) is 2.52. The van der Waals surface area contributed by atoms with Gasteiger partial charge in [0.25, 0.3) is 0 Å². The summed E-state index contributed by atoms with van der Waals surface area (Å²) in [5, 5.41) is 7.55. The van der Waals surface area contributed by atoms with Crippen LogP contribution in [0.2, 0.25) is 0 Å². The molecular formula is C20H31N3O3. The van der Waals surface area contributed by atoms with E-state index in [9.17, 15) is 9.59 Å². The second-order valence-electron chi connectivity index (χ2n) is 9.21. The van der Waals surface area contributed by atoms with Crippen LogP contribution in [0.15, 0.2) is 5.16 Å². The number of carbonyl (C=O) groups is 2. The van der Waals surface area contributed by atoms with Crippen molar-refractivity contribution >= 4 is 17.4 Å². The number of hydrogen-bond donors (Lipinski definition) is 2. The van der Waals surface area contributed by atoms with Crippen LogP contribution >= 0.6 is 0 Å². The first kappa shape index (κ1) is 18.0. The third-order valence-electron chi connectivity index (χ3n) is 8.04. The molecule has 0 spiro atoms. The van der Waals surface area contributed by atoms with Crippen LogP contribution in [-0.4, -0.2) is 36.6 Å². The second-order valence-corrected chi connectivity index (χ2v) is 9.21. The fourth-order valence-electron chi connectivity index (χ4n) is 6.38. The number of piperidine rings is 1. The molecule has 4 aliphatic rings. The summed E-state index contributed by atoms with van der Waals surface area (Å²) in [5.74, 6) is 1.11. The lowest BCUT2D eigenvalue weighted by molar-refractivity contribution is -0.153. The standard InChI is InChI=1S/C20H31N3O3/c1-19-7-5-12(23-26-10-9-21)11-15(19)22-18(25)17-13-3-4-16(24)20(13,2)8-6-14(17)19/h13-15,17H,3-11,21H2,1-2H3,(H,22,25)/t13-,14+,15?,17-,19+,20-/m0/s1. The predicted molar refractivity (Wildman–Crippen MR) is 98.4 cm³/mol. The number of rotatable bonds is 3. The molecule has 4 fully saturated rings. The molecule has 0 aromatic rings. The molecule has 1 unspecified atom stereocenters. The van der Waals surface area contributed by atoms with Crippen LogP contribution in [0.3, 0.4) is 0 Å². The first-order valence-electron chi connectivity index (χ1n) is 10.1. The summed E-state index contributed by atoms with van der Waals surface area (Å²) in [6, 6.07) is 0.117. The minimum atomic E-state index is -0.279. The van der Waals surface area contributed by atoms with Crippen LogP contribution in [0.5, 0.6) is 0 Å². The summed E-state index contributed by atoms with van der Waals surface area (Å²) in [4.78, 5) is 30.8. The van der Waals surface area contributed by atoms with Crippen molar-refractivity contribution in [3.8, 4) is 0 Å². The molecule has 144 valence electrons. The topological polar surface area (TPSA) is 93.8 Å². The first-order chi connectivity index (χ1) is 12.4. The number of nitrogens with one attached hydrogen (secondary N) is 1. The van der Waals surface area contributed by atoms with Gasteiger partial charge in [0.15, 0.2) is 0 Å². The van der Waals surface area contributed by atoms with Crippen molar-refractivity contribution in [2.75, 3.05) is 13.2 Å². The molecule has 1 aliphatic heterocycles. The van der Waals surface area contributed by atoms with Gasteiger partial charge in [-0.1, -0.05) is 19.0 Å². The quantitative estimate of drug-likeness (QED) is 0.594. The van der Waals surface area contributed by atoms with Gasteiger partial charge in [-0.25, -0.2) is 0 Å². The molecule has 0 radical (unpaired) electrons. The molecule has 1 heterocycles. The molecular weight excluding hydrogens is 330 g/mol. The van der Waals surface area contributed by atoms with E-state index in [0.717, 1.165) is 44.2 Å². The second kappa shape index (κ2) is 6.32. The molecule has 0 bridgehead atoms. The molecule has 6 atom stereocenters. The summed E-state index contributed by atoms with van der Waals surface area (Å²) in [5.41, 5.74) is 6.28. The largest absolute Gasteiger partial charge is 0.395 e. The number of nitrogens with zero attached hydrogens (tertiary/aromatic N) is 1. The van der Waals surface area contributed by atoms with E-state index in [1.165, 1.54) is 0 Å². The highest BCUT2D eigenvalue weighted by molar-refractivity contribution is 5.91. The van der Waals surface area contributed by atoms with Gasteiger partial charge >= 0.3 is 0 Å². The normalized spacial score (nSPS) is 46.3. The molecule has 4 rings (SSSR count). The van der Waals surface area contributed by atoms with Gasteiger partial charge in [-0.15, -0.1) is 0 Å². The SMILES string of the molecule is C[C@]12CCC(=NOCCN)CC1NC(=O)[C@@H]1[C@H]2CC[C@]2(C)C(=O)CC[C@@H]12. The molecule has 3 aliphatic carbocycles. The molecule has 0 aromatic carbocycles. The minimum Gasteiger partial charge on any atom is -0.395 e. The van der Waals surface area contributed by atoms with E-state index in [0.29, 0.717) is 31.3 Å². The number of carbonyl (C=O) groups excluding carboxylic acids is 2. The maximum atomic E-state index is 13.1. The summed E-state index contributed by atoms with van der Waals surface area (Å²) in [6.45, 7) is 5.32. The average molecular weight is 361 g/mol. The van der Waals surface area contributed by atoms with E-state index in [1.807, 2.05) is 0 Å². The third-order valence-corrected chi connectivity index (χ3v) is 8.04. The van der Waals surface area contributed by atoms with Gasteiger partial charge in [-0.05, 0) is 49.4 Å². The Morgan fingerprint density at radius 1 is 1.19 bits per heavy atom. The molecule has 1 saturated heterocycles. The summed E-state index contributed by atoms with van der Waals surface area (Å²) in [6.07, 6.45) is 6.14. The predicted octanol–water partition coefficient (Wildman–Crippen LogP) is 2.02. The van der Waals surface area contributed by atoms with Crippen molar-refractivity contribution in [1.82, 2.24) is 5.32 Å². The number of hydrogen-bond acceptors (Lipinski definition) is 5. The zero-order valence-electron chi connectivity index (χ0n) is 15.9. The molecule has 6 nitrogen and oxygen atoms in total. The molecule has 3 N–H and O–H groups in total. The van der Waals surface area contributed by atoms with Crippen molar-refractivity contribution in [1.29, 1.82) is 0 Å². The number of amides is 1.